The molecule has 50 valence electrons. The molecule has 0 aliphatic heterocycles. The smallest absolute Gasteiger partial charge is 0.220 e. The molecule has 0 bridgehead atoms. The van der Waals surface area contributed by atoms with E-state index in [1.54, 1.807) is 0 Å². The van der Waals surface area contributed by atoms with Crippen LogP contribution in [0.1, 0.15) is 19.8 Å². The minimum absolute atomic E-state index is 0.0375. The molecule has 0 unspecified atom stereocenters. The van der Waals surface area contributed by atoms with Crippen LogP contribution in [-0.2, 0) is 4.79 Å². The third-order valence-corrected chi connectivity index (χ3v) is 0.870. The van der Waals surface area contributed by atoms with Gasteiger partial charge in [-0.3, -0.25) is 4.79 Å². The maximum atomic E-state index is 10.6. The van der Waals surface area contributed by atoms with E-state index in [2.05, 4.69) is 11.2 Å². The lowest BCUT2D eigenvalue weighted by atomic mass is 10.3. The first-order valence-corrected chi connectivity index (χ1v) is 3.01. The zero-order valence-electron chi connectivity index (χ0n) is 5.61. The molecule has 2 nitrogen and oxygen atoms in total. The second kappa shape index (κ2) is 5.17. The summed E-state index contributed by atoms with van der Waals surface area (Å²) in [7, 11) is 0. The van der Waals surface area contributed by atoms with E-state index in [4.69, 9.17) is 6.42 Å². The molecular weight excluding hydrogens is 114 g/mol. The zero-order chi connectivity index (χ0) is 7.11. The van der Waals surface area contributed by atoms with Crippen LogP contribution in [0.25, 0.3) is 0 Å². The molecule has 0 spiro atoms. The van der Waals surface area contributed by atoms with Gasteiger partial charge >= 0.3 is 0 Å². The van der Waals surface area contributed by atoms with E-state index in [0.29, 0.717) is 19.4 Å². The Labute approximate surface area is 55.6 Å². The molecule has 2 heteroatoms. The summed E-state index contributed by atoms with van der Waals surface area (Å²) in [4.78, 5) is 10.6. The monoisotopic (exact) mass is 125 g/mol. The fraction of sp³-hybridized carbons (Fsp3) is 0.571. The van der Waals surface area contributed by atoms with Gasteiger partial charge in [0.1, 0.15) is 0 Å². The average molecular weight is 125 g/mol. The molecule has 0 aromatic heterocycles. The number of carbonyl (C=O) groups is 1. The van der Waals surface area contributed by atoms with Crippen LogP contribution < -0.4 is 5.32 Å². The zero-order valence-corrected chi connectivity index (χ0v) is 5.61. The Morgan fingerprint density at radius 1 is 1.78 bits per heavy atom. The van der Waals surface area contributed by atoms with Crippen molar-refractivity contribution in [2.24, 2.45) is 0 Å². The average Bonchev–Trinajstić information content (AvgIpc) is 1.85. The SMILES string of the molecule is C#CCCC(=O)NCC. The predicted octanol–water partition coefficient (Wildman–Crippen LogP) is 0.536. The molecule has 0 aliphatic rings. The van der Waals surface area contributed by atoms with E-state index >= 15 is 0 Å². The summed E-state index contributed by atoms with van der Waals surface area (Å²) < 4.78 is 0. The summed E-state index contributed by atoms with van der Waals surface area (Å²) in [6.45, 7) is 2.57. The minimum atomic E-state index is 0.0375. The number of amides is 1. The highest BCUT2D eigenvalue weighted by molar-refractivity contribution is 5.75. The Morgan fingerprint density at radius 2 is 2.44 bits per heavy atom. The Morgan fingerprint density at radius 3 is 2.89 bits per heavy atom. The highest BCUT2D eigenvalue weighted by Gasteiger charge is 1.94. The van der Waals surface area contributed by atoms with E-state index in [1.165, 1.54) is 0 Å². The van der Waals surface area contributed by atoms with Crippen molar-refractivity contribution in [3.05, 3.63) is 0 Å². The first-order chi connectivity index (χ1) is 4.31. The second-order valence-electron chi connectivity index (χ2n) is 1.66. The van der Waals surface area contributed by atoms with Crippen molar-refractivity contribution in [3.8, 4) is 12.3 Å². The summed E-state index contributed by atoms with van der Waals surface area (Å²) in [5, 5.41) is 2.65. The van der Waals surface area contributed by atoms with Gasteiger partial charge in [-0.05, 0) is 6.92 Å². The first-order valence-electron chi connectivity index (χ1n) is 3.01. The number of nitrogens with one attached hydrogen (secondary N) is 1. The standard InChI is InChI=1S/C7H11NO/c1-3-5-6-7(9)8-4-2/h1H,4-6H2,2H3,(H,8,9). The van der Waals surface area contributed by atoms with Crippen LogP contribution in [0.15, 0.2) is 0 Å². The lowest BCUT2D eigenvalue weighted by molar-refractivity contribution is -0.120. The fourth-order valence-corrected chi connectivity index (χ4v) is 0.471. The number of hydrogen-bond acceptors (Lipinski definition) is 1. The molecule has 0 aliphatic carbocycles. The second-order valence-corrected chi connectivity index (χ2v) is 1.66. The van der Waals surface area contributed by atoms with Crippen molar-refractivity contribution in [1.29, 1.82) is 0 Å². The number of hydrogen-bond donors (Lipinski definition) is 1. The highest BCUT2D eigenvalue weighted by atomic mass is 16.1. The molecule has 0 saturated heterocycles. The third kappa shape index (κ3) is 4.89. The van der Waals surface area contributed by atoms with Crippen molar-refractivity contribution in [2.45, 2.75) is 19.8 Å². The fourth-order valence-electron chi connectivity index (χ4n) is 0.471. The van der Waals surface area contributed by atoms with Crippen molar-refractivity contribution in [3.63, 3.8) is 0 Å². The lowest BCUT2D eigenvalue weighted by Gasteiger charge is -1.96. The molecule has 1 amide bonds. The van der Waals surface area contributed by atoms with Gasteiger partial charge in [-0.1, -0.05) is 0 Å². The van der Waals surface area contributed by atoms with E-state index < -0.39 is 0 Å². The quantitative estimate of drug-likeness (QED) is 0.548. The Bertz CT molecular complexity index is 123. The molecule has 0 fully saturated rings. The van der Waals surface area contributed by atoms with Crippen LogP contribution in [0.4, 0.5) is 0 Å². The van der Waals surface area contributed by atoms with E-state index in [1.807, 2.05) is 6.92 Å². The molecule has 9 heavy (non-hydrogen) atoms. The summed E-state index contributed by atoms with van der Waals surface area (Å²) in [5.41, 5.74) is 0. The number of rotatable bonds is 3. The van der Waals surface area contributed by atoms with E-state index in [9.17, 15) is 4.79 Å². The van der Waals surface area contributed by atoms with Crippen molar-refractivity contribution < 1.29 is 4.79 Å². The van der Waals surface area contributed by atoms with Gasteiger partial charge in [-0.2, -0.15) is 0 Å². The van der Waals surface area contributed by atoms with E-state index in [-0.39, 0.29) is 5.91 Å². The molecular formula is C7H11NO. The molecule has 0 aromatic carbocycles. The summed E-state index contributed by atoms with van der Waals surface area (Å²) in [6.07, 6.45) is 5.93. The van der Waals surface area contributed by atoms with Crippen LogP contribution in [0.5, 0.6) is 0 Å². The summed E-state index contributed by atoms with van der Waals surface area (Å²) in [5.74, 6) is 2.43. The van der Waals surface area contributed by atoms with Crippen molar-refractivity contribution >= 4 is 5.91 Å². The maximum absolute atomic E-state index is 10.6. The normalized spacial score (nSPS) is 8.00. The largest absolute Gasteiger partial charge is 0.356 e. The van der Waals surface area contributed by atoms with Crippen molar-refractivity contribution in [1.82, 2.24) is 5.32 Å². The van der Waals surface area contributed by atoms with Gasteiger partial charge in [0.25, 0.3) is 0 Å². The Kier molecular flexibility index (Phi) is 4.61. The highest BCUT2D eigenvalue weighted by Crippen LogP contribution is 1.83. The molecule has 0 atom stereocenters. The van der Waals surface area contributed by atoms with Crippen molar-refractivity contribution in [2.75, 3.05) is 6.54 Å². The van der Waals surface area contributed by atoms with Crippen LogP contribution in [0, 0.1) is 12.3 Å². The van der Waals surface area contributed by atoms with Gasteiger partial charge in [0, 0.05) is 19.4 Å². The number of carbonyl (C=O) groups excluding carboxylic acids is 1. The van der Waals surface area contributed by atoms with Gasteiger partial charge in [0.15, 0.2) is 0 Å². The molecule has 0 heterocycles. The maximum Gasteiger partial charge on any atom is 0.220 e. The van der Waals surface area contributed by atoms with Crippen LogP contribution in [0.3, 0.4) is 0 Å². The Balaban J connectivity index is 3.19. The van der Waals surface area contributed by atoms with Gasteiger partial charge < -0.3 is 5.32 Å². The molecule has 0 rings (SSSR count). The summed E-state index contributed by atoms with van der Waals surface area (Å²) in [6, 6.07) is 0. The number of terminal acetylenes is 1. The molecule has 1 N–H and O–H groups in total. The first kappa shape index (κ1) is 8.03. The predicted molar refractivity (Wildman–Crippen MR) is 36.8 cm³/mol. The van der Waals surface area contributed by atoms with Crippen LogP contribution in [0.2, 0.25) is 0 Å². The lowest BCUT2D eigenvalue weighted by Crippen LogP contribution is -2.21. The van der Waals surface area contributed by atoms with E-state index in [0.717, 1.165) is 0 Å². The van der Waals surface area contributed by atoms with Gasteiger partial charge in [0.2, 0.25) is 5.91 Å². The third-order valence-electron chi connectivity index (χ3n) is 0.870. The van der Waals surface area contributed by atoms with Crippen LogP contribution in [-0.4, -0.2) is 12.5 Å². The van der Waals surface area contributed by atoms with Gasteiger partial charge in [-0.25, -0.2) is 0 Å². The minimum Gasteiger partial charge on any atom is -0.356 e. The van der Waals surface area contributed by atoms with Gasteiger partial charge in [-0.15, -0.1) is 12.3 Å². The molecule has 0 radical (unpaired) electrons. The topological polar surface area (TPSA) is 29.1 Å². The van der Waals surface area contributed by atoms with Crippen LogP contribution >= 0.6 is 0 Å². The molecule has 0 saturated carbocycles. The Hall–Kier alpha value is -0.970. The molecule has 0 aromatic rings. The summed E-state index contributed by atoms with van der Waals surface area (Å²) >= 11 is 0. The van der Waals surface area contributed by atoms with Gasteiger partial charge in [0.05, 0.1) is 0 Å².